The van der Waals surface area contributed by atoms with Crippen molar-refractivity contribution in [1.82, 2.24) is 0 Å². The van der Waals surface area contributed by atoms with E-state index in [4.69, 9.17) is 0 Å². The first-order valence-electron chi connectivity index (χ1n) is 7.67. The second-order valence-corrected chi connectivity index (χ2v) is 6.09. The maximum absolute atomic E-state index is 3.55. The predicted octanol–water partition coefficient (Wildman–Crippen LogP) is 4.91. The van der Waals surface area contributed by atoms with Crippen LogP contribution in [0.25, 0.3) is 0 Å². The lowest BCUT2D eigenvalue weighted by atomic mass is 10.0. The maximum Gasteiger partial charge on any atom is 0.0400 e. The highest BCUT2D eigenvalue weighted by atomic mass is 14.9. The second-order valence-electron chi connectivity index (χ2n) is 6.09. The second kappa shape index (κ2) is 5.70. The van der Waals surface area contributed by atoms with Crippen LogP contribution in [0, 0.1) is 0 Å². The molecule has 2 aromatic rings. The molecular formula is C19H23N. The molecule has 1 N–H and O–H groups in total. The van der Waals surface area contributed by atoms with Crippen LogP contribution in [0.15, 0.2) is 42.5 Å². The van der Waals surface area contributed by atoms with Crippen LogP contribution in [0.1, 0.15) is 48.4 Å². The van der Waals surface area contributed by atoms with Crippen LogP contribution >= 0.6 is 0 Å². The van der Waals surface area contributed by atoms with Crippen molar-refractivity contribution in [3.63, 3.8) is 0 Å². The molecule has 0 saturated carbocycles. The van der Waals surface area contributed by atoms with Crippen molar-refractivity contribution >= 4 is 5.69 Å². The minimum Gasteiger partial charge on any atom is -0.381 e. The monoisotopic (exact) mass is 265 g/mol. The minimum absolute atomic E-state index is 0.580. The third-order valence-electron chi connectivity index (χ3n) is 4.21. The van der Waals surface area contributed by atoms with Gasteiger partial charge in [0.25, 0.3) is 0 Å². The molecule has 0 bridgehead atoms. The first-order valence-corrected chi connectivity index (χ1v) is 7.67. The molecule has 2 aromatic carbocycles. The molecule has 104 valence electrons. The van der Waals surface area contributed by atoms with E-state index in [1.807, 2.05) is 0 Å². The maximum atomic E-state index is 3.55. The summed E-state index contributed by atoms with van der Waals surface area (Å²) in [6.45, 7) is 5.38. The Bertz CT molecular complexity index is 598. The van der Waals surface area contributed by atoms with Gasteiger partial charge in [-0.25, -0.2) is 0 Å². The lowest BCUT2D eigenvalue weighted by molar-refractivity contribution is 0.866. The predicted molar refractivity (Wildman–Crippen MR) is 86.3 cm³/mol. The topological polar surface area (TPSA) is 12.0 Å². The van der Waals surface area contributed by atoms with Crippen LogP contribution in [0.4, 0.5) is 5.69 Å². The molecule has 0 spiro atoms. The molecule has 0 aliphatic heterocycles. The van der Waals surface area contributed by atoms with Crippen molar-refractivity contribution in [2.75, 3.05) is 5.32 Å². The van der Waals surface area contributed by atoms with Crippen LogP contribution in [0.2, 0.25) is 0 Å². The zero-order valence-electron chi connectivity index (χ0n) is 12.4. The van der Waals surface area contributed by atoms with Gasteiger partial charge in [0.2, 0.25) is 0 Å². The average molecular weight is 265 g/mol. The van der Waals surface area contributed by atoms with Gasteiger partial charge in [0.05, 0.1) is 0 Å². The molecule has 1 aliphatic rings. The van der Waals surface area contributed by atoms with Gasteiger partial charge < -0.3 is 5.32 Å². The number of aryl methyl sites for hydroxylation is 2. The number of fused-ring (bicyclic) bond motifs is 1. The Kier molecular flexibility index (Phi) is 3.77. The van der Waals surface area contributed by atoms with Crippen molar-refractivity contribution in [3.05, 3.63) is 64.7 Å². The highest BCUT2D eigenvalue weighted by Gasteiger charge is 2.10. The van der Waals surface area contributed by atoms with Crippen LogP contribution in [0.5, 0.6) is 0 Å². The van der Waals surface area contributed by atoms with Crippen molar-refractivity contribution in [1.29, 1.82) is 0 Å². The molecule has 0 saturated heterocycles. The van der Waals surface area contributed by atoms with E-state index in [1.54, 1.807) is 11.1 Å². The molecule has 0 fully saturated rings. The fourth-order valence-electron chi connectivity index (χ4n) is 2.95. The molecule has 0 radical (unpaired) electrons. The highest BCUT2D eigenvalue weighted by Crippen LogP contribution is 2.24. The minimum atomic E-state index is 0.580. The summed E-state index contributed by atoms with van der Waals surface area (Å²) in [7, 11) is 0. The fourth-order valence-corrected chi connectivity index (χ4v) is 2.95. The largest absolute Gasteiger partial charge is 0.381 e. The van der Waals surface area contributed by atoms with Crippen LogP contribution < -0.4 is 5.32 Å². The fraction of sp³-hybridized carbons (Fsp3) is 0.368. The Hall–Kier alpha value is -1.76. The molecule has 0 amide bonds. The number of benzene rings is 2. The third kappa shape index (κ3) is 2.87. The molecule has 1 nitrogen and oxygen atoms in total. The summed E-state index contributed by atoms with van der Waals surface area (Å²) < 4.78 is 0. The summed E-state index contributed by atoms with van der Waals surface area (Å²) in [5.41, 5.74) is 7.11. The third-order valence-corrected chi connectivity index (χ3v) is 4.21. The summed E-state index contributed by atoms with van der Waals surface area (Å²) >= 11 is 0. The number of rotatable bonds is 4. The van der Waals surface area contributed by atoms with Gasteiger partial charge >= 0.3 is 0 Å². The Balaban J connectivity index is 1.69. The van der Waals surface area contributed by atoms with Crippen molar-refractivity contribution in [2.45, 2.75) is 45.6 Å². The number of hydrogen-bond acceptors (Lipinski definition) is 1. The standard InChI is InChI=1S/C19H23N/c1-14(2)17-6-4-8-19(12-17)20-13-15-9-10-16-5-3-7-18(16)11-15/h4,6,8-12,14,20H,3,5,7,13H2,1-2H3. The highest BCUT2D eigenvalue weighted by molar-refractivity contribution is 5.47. The van der Waals surface area contributed by atoms with Gasteiger partial charge in [-0.05, 0) is 59.6 Å². The van der Waals surface area contributed by atoms with E-state index in [0.29, 0.717) is 5.92 Å². The summed E-state index contributed by atoms with van der Waals surface area (Å²) in [5, 5.41) is 3.55. The van der Waals surface area contributed by atoms with Gasteiger partial charge in [-0.15, -0.1) is 0 Å². The zero-order valence-corrected chi connectivity index (χ0v) is 12.4. The first kappa shape index (κ1) is 13.2. The molecule has 0 aromatic heterocycles. The Morgan fingerprint density at radius 2 is 1.85 bits per heavy atom. The van der Waals surface area contributed by atoms with E-state index in [0.717, 1.165) is 6.54 Å². The van der Waals surface area contributed by atoms with Gasteiger partial charge in [0.1, 0.15) is 0 Å². The number of hydrogen-bond donors (Lipinski definition) is 1. The Morgan fingerprint density at radius 1 is 1.00 bits per heavy atom. The van der Waals surface area contributed by atoms with E-state index in [9.17, 15) is 0 Å². The van der Waals surface area contributed by atoms with E-state index in [2.05, 4.69) is 61.6 Å². The van der Waals surface area contributed by atoms with E-state index >= 15 is 0 Å². The van der Waals surface area contributed by atoms with Gasteiger partial charge in [-0.2, -0.15) is 0 Å². The molecule has 20 heavy (non-hydrogen) atoms. The van der Waals surface area contributed by atoms with Crippen LogP contribution in [-0.2, 0) is 19.4 Å². The van der Waals surface area contributed by atoms with E-state index in [1.165, 1.54) is 36.1 Å². The normalized spacial score (nSPS) is 13.6. The quantitative estimate of drug-likeness (QED) is 0.828. The zero-order chi connectivity index (χ0) is 13.9. The lowest BCUT2D eigenvalue weighted by Gasteiger charge is -2.11. The van der Waals surface area contributed by atoms with Crippen LogP contribution in [0.3, 0.4) is 0 Å². The number of nitrogens with one attached hydrogen (secondary N) is 1. The summed E-state index contributed by atoms with van der Waals surface area (Å²) in [6, 6.07) is 15.7. The Morgan fingerprint density at radius 3 is 2.70 bits per heavy atom. The van der Waals surface area contributed by atoms with E-state index in [-0.39, 0.29) is 0 Å². The summed E-state index contributed by atoms with van der Waals surface area (Å²) in [4.78, 5) is 0. The lowest BCUT2D eigenvalue weighted by Crippen LogP contribution is -2.01. The summed E-state index contributed by atoms with van der Waals surface area (Å²) in [5.74, 6) is 0.580. The Labute approximate surface area is 122 Å². The van der Waals surface area contributed by atoms with Crippen molar-refractivity contribution < 1.29 is 0 Å². The van der Waals surface area contributed by atoms with Crippen molar-refractivity contribution in [2.24, 2.45) is 0 Å². The van der Waals surface area contributed by atoms with E-state index < -0.39 is 0 Å². The number of anilines is 1. The molecular weight excluding hydrogens is 242 g/mol. The van der Waals surface area contributed by atoms with Gasteiger partial charge in [-0.1, -0.05) is 44.2 Å². The van der Waals surface area contributed by atoms with Gasteiger partial charge in [0.15, 0.2) is 0 Å². The average Bonchev–Trinajstić information content (AvgIpc) is 2.93. The molecule has 3 rings (SSSR count). The first-order chi connectivity index (χ1) is 9.72. The summed E-state index contributed by atoms with van der Waals surface area (Å²) in [6.07, 6.45) is 3.84. The van der Waals surface area contributed by atoms with Gasteiger partial charge in [-0.3, -0.25) is 0 Å². The SMILES string of the molecule is CC(C)c1cccc(NCc2ccc3c(c2)CCC3)c1. The molecule has 0 unspecified atom stereocenters. The molecule has 0 atom stereocenters. The molecule has 1 aliphatic carbocycles. The van der Waals surface area contributed by atoms with Gasteiger partial charge in [0, 0.05) is 12.2 Å². The smallest absolute Gasteiger partial charge is 0.0400 e. The molecule has 0 heterocycles. The molecule has 1 heteroatoms. The van der Waals surface area contributed by atoms with Crippen LogP contribution in [-0.4, -0.2) is 0 Å². The van der Waals surface area contributed by atoms with Crippen molar-refractivity contribution in [3.8, 4) is 0 Å².